The normalized spacial score (nSPS) is 29.4. The molecule has 1 aromatic carbocycles. The number of hydrogen-bond acceptors (Lipinski definition) is 10. The molecule has 0 radical (unpaired) electrons. The number of methoxy groups -OCH3 is 2. The summed E-state index contributed by atoms with van der Waals surface area (Å²) in [6, 6.07) is 3.02. The van der Waals surface area contributed by atoms with Gasteiger partial charge < -0.3 is 49.6 Å². The number of phenols is 1. The van der Waals surface area contributed by atoms with E-state index in [2.05, 4.69) is 0 Å². The number of ether oxygens (including phenoxy) is 4. The van der Waals surface area contributed by atoms with E-state index in [-0.39, 0.29) is 30.5 Å². The van der Waals surface area contributed by atoms with Crippen LogP contribution in [0.15, 0.2) is 12.1 Å². The van der Waals surface area contributed by atoms with Gasteiger partial charge in [-0.05, 0) is 17.7 Å². The van der Waals surface area contributed by atoms with Gasteiger partial charge >= 0.3 is 0 Å². The van der Waals surface area contributed by atoms with Crippen LogP contribution < -0.4 is 9.47 Å². The Kier molecular flexibility index (Phi) is 7.62. The lowest BCUT2D eigenvalue weighted by Crippen LogP contribution is -2.59. The van der Waals surface area contributed by atoms with E-state index in [4.69, 9.17) is 18.9 Å². The summed E-state index contributed by atoms with van der Waals surface area (Å²) in [5.41, 5.74) is 0.536. The monoisotopic (exact) mass is 390 g/mol. The molecule has 0 bridgehead atoms. The average molecular weight is 390 g/mol. The van der Waals surface area contributed by atoms with Crippen LogP contribution in [0.5, 0.6) is 17.2 Å². The van der Waals surface area contributed by atoms with Crippen molar-refractivity contribution in [2.75, 3.05) is 34.0 Å². The second-order valence-electron chi connectivity index (χ2n) is 6.18. The van der Waals surface area contributed by atoms with Gasteiger partial charge in [-0.25, -0.2) is 0 Å². The number of rotatable bonds is 8. The van der Waals surface area contributed by atoms with Crippen LogP contribution in [-0.4, -0.2) is 95.4 Å². The number of aliphatic hydroxyl groups excluding tert-OH is 5. The second kappa shape index (κ2) is 9.51. The minimum atomic E-state index is -1.55. The molecule has 6 N–H and O–H groups in total. The Morgan fingerprint density at radius 3 is 2.07 bits per heavy atom. The molecule has 1 aliphatic rings. The van der Waals surface area contributed by atoms with Gasteiger partial charge in [-0.3, -0.25) is 0 Å². The number of aliphatic hydroxyl groups is 5. The first-order chi connectivity index (χ1) is 12.9. The molecule has 1 aliphatic heterocycles. The van der Waals surface area contributed by atoms with Gasteiger partial charge in [0, 0.05) is 5.92 Å². The van der Waals surface area contributed by atoms with Crippen molar-refractivity contribution >= 4 is 0 Å². The molecule has 1 saturated heterocycles. The van der Waals surface area contributed by atoms with Crippen LogP contribution in [0.3, 0.4) is 0 Å². The van der Waals surface area contributed by atoms with Crippen LogP contribution in [0.2, 0.25) is 0 Å². The predicted octanol–water partition coefficient (Wildman–Crippen LogP) is -1.70. The third-order valence-electron chi connectivity index (χ3n) is 4.50. The van der Waals surface area contributed by atoms with Gasteiger partial charge in [0.2, 0.25) is 5.75 Å². The van der Waals surface area contributed by atoms with Gasteiger partial charge in [-0.1, -0.05) is 0 Å². The minimum Gasteiger partial charge on any atom is -0.502 e. The van der Waals surface area contributed by atoms with Crippen molar-refractivity contribution in [3.8, 4) is 17.2 Å². The van der Waals surface area contributed by atoms with Gasteiger partial charge in [0.15, 0.2) is 17.8 Å². The molecule has 0 saturated carbocycles. The van der Waals surface area contributed by atoms with Crippen molar-refractivity contribution in [1.82, 2.24) is 0 Å². The minimum absolute atomic E-state index is 0.129. The van der Waals surface area contributed by atoms with Crippen molar-refractivity contribution < 1.29 is 49.6 Å². The van der Waals surface area contributed by atoms with E-state index in [9.17, 15) is 30.6 Å². The van der Waals surface area contributed by atoms with Crippen molar-refractivity contribution in [3.05, 3.63) is 17.7 Å². The maximum Gasteiger partial charge on any atom is 0.200 e. The Balaban J connectivity index is 2.13. The number of aromatic hydroxyl groups is 1. The van der Waals surface area contributed by atoms with Gasteiger partial charge in [0.25, 0.3) is 0 Å². The lowest BCUT2D eigenvalue weighted by atomic mass is 9.98. The standard InChI is InChI=1S/C17H26O10/c1-24-10-3-8(4-11(25-2)13(10)20)9(5-18)7-26-17-16(23)15(22)14(21)12(6-19)27-17/h3-4,9,12,14-23H,5-7H2,1-2H3. The van der Waals surface area contributed by atoms with E-state index in [1.807, 2.05) is 0 Å². The van der Waals surface area contributed by atoms with Crippen molar-refractivity contribution in [1.29, 1.82) is 0 Å². The zero-order valence-corrected chi connectivity index (χ0v) is 15.1. The summed E-state index contributed by atoms with van der Waals surface area (Å²) in [5.74, 6) is -0.484. The third-order valence-corrected chi connectivity index (χ3v) is 4.50. The fraction of sp³-hybridized carbons (Fsp3) is 0.647. The quantitative estimate of drug-likeness (QED) is 0.302. The smallest absolute Gasteiger partial charge is 0.200 e. The molecule has 27 heavy (non-hydrogen) atoms. The number of phenolic OH excluding ortho intramolecular Hbond substituents is 1. The van der Waals surface area contributed by atoms with Gasteiger partial charge in [-0.2, -0.15) is 0 Å². The Bertz CT molecular complexity index is 582. The van der Waals surface area contributed by atoms with Crippen LogP contribution in [0.4, 0.5) is 0 Å². The first-order valence-corrected chi connectivity index (χ1v) is 8.35. The van der Waals surface area contributed by atoms with Crippen molar-refractivity contribution in [3.63, 3.8) is 0 Å². The average Bonchev–Trinajstić information content (AvgIpc) is 2.68. The lowest BCUT2D eigenvalue weighted by Gasteiger charge is -2.40. The molecule has 10 heteroatoms. The highest BCUT2D eigenvalue weighted by atomic mass is 16.7. The van der Waals surface area contributed by atoms with Crippen LogP contribution in [0.25, 0.3) is 0 Å². The highest BCUT2D eigenvalue weighted by Crippen LogP contribution is 2.39. The van der Waals surface area contributed by atoms with E-state index in [1.54, 1.807) is 0 Å². The predicted molar refractivity (Wildman–Crippen MR) is 90.8 cm³/mol. The molecular weight excluding hydrogens is 364 g/mol. The molecule has 6 unspecified atom stereocenters. The number of hydrogen-bond donors (Lipinski definition) is 6. The largest absolute Gasteiger partial charge is 0.502 e. The summed E-state index contributed by atoms with van der Waals surface area (Å²) < 4.78 is 20.9. The molecule has 0 amide bonds. The molecule has 154 valence electrons. The van der Waals surface area contributed by atoms with Gasteiger partial charge in [0.1, 0.15) is 24.4 Å². The van der Waals surface area contributed by atoms with Crippen LogP contribution in [-0.2, 0) is 9.47 Å². The Labute approximate surface area is 156 Å². The van der Waals surface area contributed by atoms with E-state index >= 15 is 0 Å². The summed E-state index contributed by atoms with van der Waals surface area (Å²) in [4.78, 5) is 0. The zero-order valence-electron chi connectivity index (χ0n) is 15.1. The van der Waals surface area contributed by atoms with E-state index in [0.29, 0.717) is 5.56 Å². The Morgan fingerprint density at radius 2 is 1.59 bits per heavy atom. The lowest BCUT2D eigenvalue weighted by molar-refractivity contribution is -0.302. The molecule has 1 fully saturated rings. The molecule has 0 aromatic heterocycles. The van der Waals surface area contributed by atoms with Crippen LogP contribution in [0.1, 0.15) is 11.5 Å². The summed E-state index contributed by atoms with van der Waals surface area (Å²) in [7, 11) is 2.74. The Hall–Kier alpha value is -1.66. The maximum atomic E-state index is 10.0. The molecule has 0 spiro atoms. The highest BCUT2D eigenvalue weighted by Gasteiger charge is 2.44. The summed E-state index contributed by atoms with van der Waals surface area (Å²) >= 11 is 0. The summed E-state index contributed by atoms with van der Waals surface area (Å²) in [6.45, 7) is -1.04. The molecule has 1 aromatic rings. The molecule has 10 nitrogen and oxygen atoms in total. The molecule has 6 atom stereocenters. The summed E-state index contributed by atoms with van der Waals surface area (Å²) in [5, 5.41) is 58.5. The topological polar surface area (TPSA) is 158 Å². The molecule has 2 rings (SSSR count). The first kappa shape index (κ1) is 21.6. The van der Waals surface area contributed by atoms with E-state index in [0.717, 1.165) is 0 Å². The fourth-order valence-electron chi connectivity index (χ4n) is 2.82. The SMILES string of the molecule is COc1cc(C(CO)COC2OC(CO)C(O)C(O)C2O)cc(OC)c1O. The van der Waals surface area contributed by atoms with E-state index < -0.39 is 43.2 Å². The molecule has 1 heterocycles. The molecule has 0 aliphatic carbocycles. The van der Waals surface area contributed by atoms with Crippen molar-refractivity contribution in [2.24, 2.45) is 0 Å². The van der Waals surface area contributed by atoms with Gasteiger partial charge in [-0.15, -0.1) is 0 Å². The number of benzene rings is 1. The highest BCUT2D eigenvalue weighted by molar-refractivity contribution is 5.53. The Morgan fingerprint density at radius 1 is 1.00 bits per heavy atom. The third kappa shape index (κ3) is 4.61. The van der Waals surface area contributed by atoms with Gasteiger partial charge in [0.05, 0.1) is 34.0 Å². The van der Waals surface area contributed by atoms with Crippen molar-refractivity contribution in [2.45, 2.75) is 36.6 Å². The second-order valence-corrected chi connectivity index (χ2v) is 6.18. The first-order valence-electron chi connectivity index (χ1n) is 8.35. The van der Waals surface area contributed by atoms with Crippen LogP contribution in [0, 0.1) is 0 Å². The fourth-order valence-corrected chi connectivity index (χ4v) is 2.82. The zero-order chi connectivity index (χ0) is 20.1. The van der Waals surface area contributed by atoms with Crippen LogP contribution >= 0.6 is 0 Å². The van der Waals surface area contributed by atoms with E-state index in [1.165, 1.54) is 26.4 Å². The molecular formula is C17H26O10. The maximum absolute atomic E-state index is 10.0. The summed E-state index contributed by atoms with van der Waals surface area (Å²) in [6.07, 6.45) is -6.97.